The van der Waals surface area contributed by atoms with Crippen molar-refractivity contribution in [3.8, 4) is 17.2 Å². The molecule has 0 bridgehead atoms. The minimum Gasteiger partial charge on any atom is -0.616 e. The number of amides is 5. The van der Waals surface area contributed by atoms with E-state index in [-0.39, 0.29) is 24.0 Å². The summed E-state index contributed by atoms with van der Waals surface area (Å²) in [6.45, 7) is 5.34. The fourth-order valence-electron chi connectivity index (χ4n) is 8.54. The number of piperidine rings is 1. The van der Waals surface area contributed by atoms with E-state index in [0.29, 0.717) is 72.2 Å². The van der Waals surface area contributed by atoms with Gasteiger partial charge < -0.3 is 34.3 Å². The molecule has 3 atom stereocenters. The molecule has 4 heterocycles. The Morgan fingerprint density at radius 3 is 2.34 bits per heavy atom. The summed E-state index contributed by atoms with van der Waals surface area (Å²) < 4.78 is 29.8. The van der Waals surface area contributed by atoms with Crippen LogP contribution in [0.1, 0.15) is 123 Å². The molecule has 1 fully saturated rings. The smallest absolute Gasteiger partial charge is 0.264 e. The van der Waals surface area contributed by atoms with E-state index in [4.69, 9.17) is 14.2 Å². The molecule has 1 aromatic heterocycles. The van der Waals surface area contributed by atoms with Gasteiger partial charge in [-0.1, -0.05) is 67.5 Å². The number of unbranched alkanes of at least 4 members (excludes halogenated alkanes) is 6. The average molecular weight is 912 g/mol. The second-order valence-electron chi connectivity index (χ2n) is 16.3. The first-order valence-electron chi connectivity index (χ1n) is 22.1. The molecule has 4 aromatic rings. The number of imide groups is 2. The quantitative estimate of drug-likeness (QED) is 0.0370. The normalized spacial score (nSPS) is 16.8. The molecule has 3 unspecified atom stereocenters. The van der Waals surface area contributed by atoms with Gasteiger partial charge in [0.2, 0.25) is 11.8 Å². The lowest BCUT2D eigenvalue weighted by Crippen LogP contribution is -2.52. The number of anilines is 1. The number of nitrogens with one attached hydrogen (secondary N) is 3. The third kappa shape index (κ3) is 10.9. The predicted molar refractivity (Wildman–Crippen MR) is 246 cm³/mol. The molecule has 3 N–H and O–H groups in total. The van der Waals surface area contributed by atoms with Gasteiger partial charge in [0.05, 0.1) is 36.7 Å². The Morgan fingerprint density at radius 1 is 0.875 bits per heavy atom. The van der Waals surface area contributed by atoms with E-state index >= 15 is 0 Å². The van der Waals surface area contributed by atoms with Crippen molar-refractivity contribution in [2.45, 2.75) is 96.5 Å². The molecule has 0 spiro atoms. The van der Waals surface area contributed by atoms with Gasteiger partial charge in [0.25, 0.3) is 17.7 Å². The lowest BCUT2D eigenvalue weighted by atomic mass is 10.0. The first-order chi connectivity index (χ1) is 31.1. The molecular weight excluding hydrogens is 855 g/mol. The number of hydrogen-bond acceptors (Lipinski definition) is 12. The molecule has 3 aromatic carbocycles. The number of nitrogens with zero attached hydrogens (tertiary/aromatic N) is 2. The zero-order chi connectivity index (χ0) is 45.2. The Bertz CT molecular complexity index is 2320. The molecule has 14 nitrogen and oxygen atoms in total. The van der Waals surface area contributed by atoms with Crippen LogP contribution in [0, 0.1) is 0 Å². The topological polar surface area (TPSA) is 179 Å². The summed E-state index contributed by atoms with van der Waals surface area (Å²) in [5.74, 6) is 0.194. The second-order valence-corrected chi connectivity index (χ2v) is 18.7. The van der Waals surface area contributed by atoms with Crippen molar-refractivity contribution in [3.63, 3.8) is 0 Å². The molecule has 1 saturated heterocycles. The summed E-state index contributed by atoms with van der Waals surface area (Å²) in [4.78, 5) is 68.5. The van der Waals surface area contributed by atoms with Crippen LogP contribution in [0.3, 0.4) is 0 Å². The van der Waals surface area contributed by atoms with Crippen molar-refractivity contribution in [3.05, 3.63) is 104 Å². The maximum absolute atomic E-state index is 14.0. The molecule has 64 heavy (non-hydrogen) atoms. The van der Waals surface area contributed by atoms with Crippen LogP contribution in [0.5, 0.6) is 17.2 Å². The summed E-state index contributed by atoms with van der Waals surface area (Å²) in [5, 5.41) is 11.1. The molecule has 0 saturated carbocycles. The second kappa shape index (κ2) is 22.0. The Hall–Kier alpha value is -5.42. The van der Waals surface area contributed by atoms with E-state index in [1.54, 1.807) is 48.6 Å². The number of hydrogen-bond donors (Lipinski definition) is 3. The summed E-state index contributed by atoms with van der Waals surface area (Å²) in [7, 11) is 1.55. The van der Waals surface area contributed by atoms with Crippen LogP contribution in [-0.4, -0.2) is 88.7 Å². The maximum atomic E-state index is 14.0. The molecule has 16 heteroatoms. The molecular formula is C48H57N5O9S2. The third-order valence-corrected chi connectivity index (χ3v) is 13.7. The van der Waals surface area contributed by atoms with Gasteiger partial charge in [-0.2, -0.15) is 0 Å². The number of fused-ring (bicyclic) bond motifs is 2. The van der Waals surface area contributed by atoms with Gasteiger partial charge in [-0.3, -0.25) is 34.2 Å². The van der Waals surface area contributed by atoms with Crippen LogP contribution in [0.25, 0.3) is 0 Å². The van der Waals surface area contributed by atoms with Gasteiger partial charge in [-0.15, -0.1) is 11.3 Å². The Labute approximate surface area is 381 Å². The van der Waals surface area contributed by atoms with Gasteiger partial charge in [0.1, 0.15) is 30.2 Å². The monoisotopic (exact) mass is 911 g/mol. The minimum atomic E-state index is -1.30. The zero-order valence-electron chi connectivity index (χ0n) is 36.7. The number of ether oxygens (including phenoxy) is 3. The average Bonchev–Trinajstić information content (AvgIpc) is 3.92. The van der Waals surface area contributed by atoms with Gasteiger partial charge >= 0.3 is 0 Å². The van der Waals surface area contributed by atoms with Gasteiger partial charge in [0, 0.05) is 47.6 Å². The van der Waals surface area contributed by atoms with Crippen LogP contribution in [0.15, 0.2) is 66.0 Å². The highest BCUT2D eigenvalue weighted by Crippen LogP contribution is 2.39. The zero-order valence-corrected chi connectivity index (χ0v) is 38.3. The van der Waals surface area contributed by atoms with Crippen LogP contribution in [0.4, 0.5) is 5.69 Å². The lowest BCUT2D eigenvalue weighted by Gasteiger charge is -2.29. The number of carbonyl (C=O) groups is 5. The predicted octanol–water partition coefficient (Wildman–Crippen LogP) is 7.14. The third-order valence-electron chi connectivity index (χ3n) is 11.9. The van der Waals surface area contributed by atoms with Crippen molar-refractivity contribution >= 4 is 57.7 Å². The number of rotatable bonds is 24. The summed E-state index contributed by atoms with van der Waals surface area (Å²) in [5.41, 5.74) is 4.66. The standard InChI is InChI=1S/C48H57N5O9S2/c1-4-61-41-25-32(17-21-40(41)60-2)39(30-64(3)59)53-47(57)34-13-12-14-37(44(34)48(53)58)50-24-11-9-7-5-6-8-10-23-49-26-31-15-18-33(19-16-31)62-28-42-35-27-52(46(56)36(35)29-63-42)38-20-22-43(54)51-45(38)55/h12-19,21,25,29,38-39,49-50H,4-11,20,22-24,26-28,30H2,1-3H3,(H,51,54,55). The van der Waals surface area contributed by atoms with Gasteiger partial charge in [-0.05, 0) is 80.3 Å². The fourth-order valence-corrected chi connectivity index (χ4v) is 10.3. The number of benzene rings is 3. The summed E-state index contributed by atoms with van der Waals surface area (Å²) >= 11 is 0.192. The van der Waals surface area contributed by atoms with Crippen molar-refractivity contribution < 1.29 is 42.7 Å². The molecule has 0 aliphatic carbocycles. The SMILES string of the molecule is CCOc1cc(C(C[S+](C)[O-])N2C(=O)c3cccc(NCCCCCCCCCNCc4ccc(OCc5scc6c5CN(C5CCC(=O)NC5=O)C6=O)cc4)c3C2=O)ccc1OC. The highest BCUT2D eigenvalue weighted by molar-refractivity contribution is 7.90. The van der Waals surface area contributed by atoms with E-state index in [1.807, 2.05) is 30.5 Å². The number of carbonyl (C=O) groups excluding carboxylic acids is 5. The molecule has 3 aliphatic heterocycles. The summed E-state index contributed by atoms with van der Waals surface area (Å²) in [6.07, 6.45) is 9.83. The molecule has 3 aliphatic rings. The maximum Gasteiger partial charge on any atom is 0.264 e. The fraction of sp³-hybridized carbons (Fsp3) is 0.438. The minimum absolute atomic E-state index is 0.0970. The molecule has 5 amide bonds. The van der Waals surface area contributed by atoms with Crippen LogP contribution in [0.2, 0.25) is 0 Å². The molecule has 7 rings (SSSR count). The van der Waals surface area contributed by atoms with Crippen molar-refractivity contribution in [2.24, 2.45) is 0 Å². The van der Waals surface area contributed by atoms with E-state index in [0.717, 1.165) is 67.8 Å². The lowest BCUT2D eigenvalue weighted by molar-refractivity contribution is -0.136. The summed E-state index contributed by atoms with van der Waals surface area (Å²) in [6, 6.07) is 17.2. The Kier molecular flexibility index (Phi) is 16.0. The Balaban J connectivity index is 0.767. The molecule has 340 valence electrons. The molecule has 0 radical (unpaired) electrons. The first kappa shape index (κ1) is 46.6. The first-order valence-corrected chi connectivity index (χ1v) is 24.7. The van der Waals surface area contributed by atoms with E-state index < -0.39 is 41.0 Å². The van der Waals surface area contributed by atoms with Gasteiger partial charge in [-0.25, -0.2) is 0 Å². The van der Waals surface area contributed by atoms with E-state index in [9.17, 15) is 28.5 Å². The number of thiophene rings is 1. The van der Waals surface area contributed by atoms with E-state index in [2.05, 4.69) is 28.1 Å². The van der Waals surface area contributed by atoms with Crippen LogP contribution >= 0.6 is 11.3 Å². The van der Waals surface area contributed by atoms with Crippen molar-refractivity contribution in [1.82, 2.24) is 20.4 Å². The van der Waals surface area contributed by atoms with E-state index in [1.165, 1.54) is 28.2 Å². The highest BCUT2D eigenvalue weighted by Gasteiger charge is 2.44. The van der Waals surface area contributed by atoms with Crippen LogP contribution in [-0.2, 0) is 40.5 Å². The van der Waals surface area contributed by atoms with Crippen LogP contribution < -0.4 is 30.2 Å². The largest absolute Gasteiger partial charge is 0.616 e. The number of methoxy groups -OCH3 is 1. The van der Waals surface area contributed by atoms with Crippen molar-refractivity contribution in [1.29, 1.82) is 0 Å². The van der Waals surface area contributed by atoms with Gasteiger partial charge in [0.15, 0.2) is 11.5 Å². The Morgan fingerprint density at radius 2 is 1.62 bits per heavy atom. The van der Waals surface area contributed by atoms with Crippen molar-refractivity contribution in [2.75, 3.05) is 44.1 Å². The highest BCUT2D eigenvalue weighted by atomic mass is 32.2.